The van der Waals surface area contributed by atoms with Gasteiger partial charge in [0.2, 0.25) is 5.95 Å². The maximum Gasteiger partial charge on any atom is 0.262 e. The summed E-state index contributed by atoms with van der Waals surface area (Å²) in [5.41, 5.74) is 3.58. The number of likely N-dealkylation sites (tertiary alicyclic amines) is 1. The Labute approximate surface area is 258 Å². The number of halogens is 1. The van der Waals surface area contributed by atoms with Crippen molar-refractivity contribution in [2.24, 2.45) is 0 Å². The molecule has 0 spiro atoms. The quantitative estimate of drug-likeness (QED) is 0.269. The van der Waals surface area contributed by atoms with E-state index in [0.29, 0.717) is 45.7 Å². The van der Waals surface area contributed by atoms with Crippen LogP contribution in [0.5, 0.6) is 0 Å². The van der Waals surface area contributed by atoms with E-state index >= 15 is 4.39 Å². The molecule has 2 fully saturated rings. The molecule has 0 amide bonds. The van der Waals surface area contributed by atoms with Gasteiger partial charge in [-0.25, -0.2) is 14.4 Å². The number of hydrogen-bond donors (Lipinski definition) is 2. The smallest absolute Gasteiger partial charge is 0.262 e. The van der Waals surface area contributed by atoms with E-state index in [4.69, 9.17) is 9.97 Å². The fourth-order valence-electron chi connectivity index (χ4n) is 6.23. The van der Waals surface area contributed by atoms with Crippen LogP contribution in [0.25, 0.3) is 22.3 Å². The van der Waals surface area contributed by atoms with Crippen molar-refractivity contribution in [3.63, 3.8) is 0 Å². The zero-order valence-electron chi connectivity index (χ0n) is 24.7. The lowest BCUT2D eigenvalue weighted by Gasteiger charge is -2.33. The van der Waals surface area contributed by atoms with Gasteiger partial charge in [0.15, 0.2) is 0 Å². The van der Waals surface area contributed by atoms with E-state index < -0.39 is 0 Å². The highest BCUT2D eigenvalue weighted by Gasteiger charge is 2.23. The predicted molar refractivity (Wildman–Crippen MR) is 172 cm³/mol. The van der Waals surface area contributed by atoms with Gasteiger partial charge in [0.05, 0.1) is 23.5 Å². The summed E-state index contributed by atoms with van der Waals surface area (Å²) in [5.74, 6) is -0.0445. The molecular formula is C32H34FN9OS. The number of nitrogens with one attached hydrogen (secondary N) is 2. The molecule has 6 heterocycles. The number of fused-ring (bicyclic) bond motifs is 1. The second-order valence-electron chi connectivity index (χ2n) is 11.6. The van der Waals surface area contributed by atoms with Gasteiger partial charge >= 0.3 is 0 Å². The van der Waals surface area contributed by atoms with Crippen LogP contribution in [0, 0.1) is 5.82 Å². The van der Waals surface area contributed by atoms with Crippen LogP contribution in [0.4, 0.5) is 21.7 Å². The Morgan fingerprint density at radius 2 is 2.02 bits per heavy atom. The van der Waals surface area contributed by atoms with Gasteiger partial charge in [0.25, 0.3) is 5.56 Å². The van der Waals surface area contributed by atoms with Crippen molar-refractivity contribution in [1.82, 2.24) is 34.7 Å². The lowest BCUT2D eigenvalue weighted by Crippen LogP contribution is -2.49. The zero-order valence-corrected chi connectivity index (χ0v) is 25.5. The maximum absolute atomic E-state index is 15.2. The third-order valence-electron chi connectivity index (χ3n) is 8.48. The van der Waals surface area contributed by atoms with E-state index in [1.165, 1.54) is 23.8 Å². The van der Waals surface area contributed by atoms with Crippen molar-refractivity contribution in [1.29, 1.82) is 0 Å². The van der Waals surface area contributed by atoms with Gasteiger partial charge in [0.1, 0.15) is 16.5 Å². The van der Waals surface area contributed by atoms with E-state index in [1.807, 2.05) is 23.7 Å². The number of aromatic nitrogens is 5. The number of benzene rings is 1. The lowest BCUT2D eigenvalue weighted by molar-refractivity contribution is 0.317. The molecule has 2 aliphatic rings. The van der Waals surface area contributed by atoms with Crippen LogP contribution in [0.1, 0.15) is 36.4 Å². The second kappa shape index (κ2) is 12.0. The summed E-state index contributed by atoms with van der Waals surface area (Å²) in [5, 5.41) is 9.87. The number of rotatable bonds is 7. The number of anilines is 3. The Hall–Kier alpha value is -4.26. The minimum atomic E-state index is -0.312. The first-order valence-corrected chi connectivity index (χ1v) is 15.8. The average molecular weight is 612 g/mol. The van der Waals surface area contributed by atoms with Crippen molar-refractivity contribution in [3.05, 3.63) is 87.1 Å². The fraction of sp³-hybridized carbons (Fsp3) is 0.344. The van der Waals surface area contributed by atoms with E-state index in [-0.39, 0.29) is 23.9 Å². The summed E-state index contributed by atoms with van der Waals surface area (Å²) >= 11 is 1.47. The molecular weight excluding hydrogens is 577 g/mol. The number of thiazole rings is 1. The molecule has 2 unspecified atom stereocenters. The third kappa shape index (κ3) is 5.68. The Morgan fingerprint density at radius 1 is 1.11 bits per heavy atom. The normalized spacial score (nSPS) is 19.1. The molecule has 2 saturated heterocycles. The molecule has 10 nitrogen and oxygen atoms in total. The second-order valence-corrected chi connectivity index (χ2v) is 12.5. The highest BCUT2D eigenvalue weighted by molar-refractivity contribution is 7.09. The number of nitrogens with zero attached hydrogens (tertiary/aromatic N) is 7. The van der Waals surface area contributed by atoms with Gasteiger partial charge in [-0.2, -0.15) is 4.98 Å². The summed E-state index contributed by atoms with van der Waals surface area (Å²) < 4.78 is 16.8. The third-order valence-corrected chi connectivity index (χ3v) is 9.25. The Morgan fingerprint density at radius 3 is 2.75 bits per heavy atom. The molecule has 44 heavy (non-hydrogen) atoms. The molecule has 0 aliphatic carbocycles. The average Bonchev–Trinajstić information content (AvgIpc) is 3.70. The first kappa shape index (κ1) is 28.5. The van der Waals surface area contributed by atoms with E-state index in [0.717, 1.165) is 43.2 Å². The van der Waals surface area contributed by atoms with Crippen LogP contribution < -0.4 is 21.1 Å². The van der Waals surface area contributed by atoms with Gasteiger partial charge < -0.3 is 15.5 Å². The van der Waals surface area contributed by atoms with Gasteiger partial charge in [-0.1, -0.05) is 6.07 Å². The van der Waals surface area contributed by atoms with Gasteiger partial charge in [-0.3, -0.25) is 19.2 Å². The Kier molecular flexibility index (Phi) is 7.79. The molecule has 0 radical (unpaired) electrons. The highest BCUT2D eigenvalue weighted by atomic mass is 32.1. The molecule has 5 aromatic rings. The lowest BCUT2D eigenvalue weighted by atomic mass is 10.1. The molecule has 0 saturated carbocycles. The molecule has 2 atom stereocenters. The van der Waals surface area contributed by atoms with E-state index in [1.54, 1.807) is 29.1 Å². The molecule has 1 aromatic carbocycles. The fourth-order valence-corrected chi connectivity index (χ4v) is 6.83. The first-order chi connectivity index (χ1) is 21.4. The zero-order chi connectivity index (χ0) is 30.2. The highest BCUT2D eigenvalue weighted by Crippen LogP contribution is 2.31. The minimum Gasteiger partial charge on any atom is -0.366 e. The van der Waals surface area contributed by atoms with Crippen LogP contribution in [0.2, 0.25) is 0 Å². The standard InChI is InChI=1S/C32H34FN9OS/c1-20-18-41(12-9-34-20)28-8-6-23(15-25(28)33)38-32-37-17-22-14-24(26-7-5-21(16-36-26)27-4-3-11-40(27)2)31(43)42(30(22)39-32)19-29-35-10-13-44-29/h5-8,10,13-17,20,27,34H,3-4,9,11-12,18-19H2,1-2H3,(H,37,38,39). The summed E-state index contributed by atoms with van der Waals surface area (Å²) in [4.78, 5) is 36.7. The van der Waals surface area contributed by atoms with Gasteiger partial charge in [-0.05, 0) is 69.3 Å². The molecule has 4 aromatic heterocycles. The molecule has 0 bridgehead atoms. The van der Waals surface area contributed by atoms with Crippen molar-refractivity contribution in [2.45, 2.75) is 38.4 Å². The van der Waals surface area contributed by atoms with Crippen LogP contribution in [-0.4, -0.2) is 68.7 Å². The summed E-state index contributed by atoms with van der Waals surface area (Å²) in [6.07, 6.45) is 7.56. The number of hydrogen-bond acceptors (Lipinski definition) is 10. The Balaban J connectivity index is 1.22. The number of piperazine rings is 1. The number of pyridine rings is 2. The molecule has 7 rings (SSSR count). The van der Waals surface area contributed by atoms with Gasteiger partial charge in [0, 0.05) is 66.8 Å². The van der Waals surface area contributed by atoms with Crippen molar-refractivity contribution < 1.29 is 4.39 Å². The largest absolute Gasteiger partial charge is 0.366 e. The van der Waals surface area contributed by atoms with Crippen molar-refractivity contribution in [3.8, 4) is 11.3 Å². The summed E-state index contributed by atoms with van der Waals surface area (Å²) in [7, 11) is 2.13. The maximum atomic E-state index is 15.2. The summed E-state index contributed by atoms with van der Waals surface area (Å²) in [6, 6.07) is 11.5. The predicted octanol–water partition coefficient (Wildman–Crippen LogP) is 4.81. The molecule has 2 N–H and O–H groups in total. The summed E-state index contributed by atoms with van der Waals surface area (Å²) in [6.45, 7) is 5.73. The minimum absolute atomic E-state index is 0.212. The Bertz CT molecular complexity index is 1840. The van der Waals surface area contributed by atoms with Crippen LogP contribution in [0.3, 0.4) is 0 Å². The SMILES string of the molecule is CC1CN(c2ccc(Nc3ncc4cc(-c5ccc(C6CCCN6C)cn5)c(=O)n(Cc5nccs5)c4n3)cc2F)CCN1. The monoisotopic (exact) mass is 611 g/mol. The first-order valence-electron chi connectivity index (χ1n) is 14.9. The van der Waals surface area contributed by atoms with E-state index in [2.05, 4.69) is 50.4 Å². The molecule has 226 valence electrons. The van der Waals surface area contributed by atoms with E-state index in [9.17, 15) is 4.79 Å². The van der Waals surface area contributed by atoms with Gasteiger partial charge in [-0.15, -0.1) is 11.3 Å². The van der Waals surface area contributed by atoms with Crippen molar-refractivity contribution >= 4 is 39.7 Å². The van der Waals surface area contributed by atoms with Crippen molar-refractivity contribution in [2.75, 3.05) is 43.4 Å². The molecule has 2 aliphatic heterocycles. The topological polar surface area (TPSA) is 104 Å². The molecule has 12 heteroatoms. The van der Waals surface area contributed by atoms with Crippen LogP contribution >= 0.6 is 11.3 Å². The van der Waals surface area contributed by atoms with Crippen LogP contribution in [0.15, 0.2) is 65.2 Å². The van der Waals surface area contributed by atoms with Crippen LogP contribution in [-0.2, 0) is 6.54 Å².